The Morgan fingerprint density at radius 2 is 2.16 bits per heavy atom. The average Bonchev–Trinajstić information content (AvgIpc) is 2.77. The minimum absolute atomic E-state index is 0.0170. The van der Waals surface area contributed by atoms with Crippen LogP contribution in [0.3, 0.4) is 0 Å². The Hall–Kier alpha value is -1.27. The van der Waals surface area contributed by atoms with E-state index in [1.165, 1.54) is 0 Å². The molecule has 19 heavy (non-hydrogen) atoms. The third kappa shape index (κ3) is 2.30. The van der Waals surface area contributed by atoms with E-state index < -0.39 is 0 Å². The zero-order valence-corrected chi connectivity index (χ0v) is 11.6. The number of hydrogen-bond donors (Lipinski definition) is 1. The molecule has 2 aromatic heterocycles. The van der Waals surface area contributed by atoms with E-state index in [0.29, 0.717) is 12.2 Å². The Morgan fingerprint density at radius 3 is 2.84 bits per heavy atom. The smallest absolute Gasteiger partial charge is 0.350 e. The lowest BCUT2D eigenvalue weighted by atomic mass is 9.82. The molecule has 5 nitrogen and oxygen atoms in total. The number of pyridine rings is 1. The van der Waals surface area contributed by atoms with Crippen molar-refractivity contribution < 1.29 is 4.74 Å². The first-order valence-corrected chi connectivity index (χ1v) is 7.10. The van der Waals surface area contributed by atoms with Gasteiger partial charge in [0.2, 0.25) is 0 Å². The van der Waals surface area contributed by atoms with Crippen LogP contribution in [0.4, 0.5) is 0 Å². The highest BCUT2D eigenvalue weighted by Crippen LogP contribution is 2.33. The Morgan fingerprint density at radius 1 is 1.37 bits per heavy atom. The van der Waals surface area contributed by atoms with Crippen LogP contribution in [0.5, 0.6) is 0 Å². The van der Waals surface area contributed by atoms with Crippen molar-refractivity contribution in [3.05, 3.63) is 34.9 Å². The number of ether oxygens (including phenoxy) is 1. The standard InChI is InChI=1S/C13H17N3O2S/c17-12-15-6-2-1-3-11(15)14-16(12)9-13(10-19)4-7-18-8-5-13/h1-3,6,19H,4-5,7-10H2. The van der Waals surface area contributed by atoms with Gasteiger partial charge in [-0.25, -0.2) is 9.48 Å². The molecule has 1 aliphatic rings. The Balaban J connectivity index is 1.96. The van der Waals surface area contributed by atoms with Crippen LogP contribution in [-0.4, -0.2) is 33.1 Å². The summed E-state index contributed by atoms with van der Waals surface area (Å²) in [5.41, 5.74) is 0.625. The maximum absolute atomic E-state index is 12.3. The Kier molecular flexibility index (Phi) is 3.36. The fourth-order valence-corrected chi connectivity index (χ4v) is 2.98. The number of rotatable bonds is 3. The number of fused-ring (bicyclic) bond motifs is 1. The van der Waals surface area contributed by atoms with Gasteiger partial charge in [-0.3, -0.25) is 4.40 Å². The van der Waals surface area contributed by atoms with Crippen LogP contribution in [0.1, 0.15) is 12.8 Å². The van der Waals surface area contributed by atoms with Gasteiger partial charge < -0.3 is 4.74 Å². The predicted octanol–water partition coefficient (Wildman–Crippen LogP) is 1.22. The van der Waals surface area contributed by atoms with E-state index >= 15 is 0 Å². The highest BCUT2D eigenvalue weighted by molar-refractivity contribution is 7.80. The summed E-state index contributed by atoms with van der Waals surface area (Å²) in [6.07, 6.45) is 3.60. The van der Waals surface area contributed by atoms with Crippen LogP contribution in [0, 0.1) is 5.41 Å². The van der Waals surface area contributed by atoms with E-state index in [4.69, 9.17) is 4.74 Å². The fraction of sp³-hybridized carbons (Fsp3) is 0.538. The van der Waals surface area contributed by atoms with Crippen LogP contribution in [0.15, 0.2) is 29.2 Å². The molecule has 0 amide bonds. The number of aromatic nitrogens is 3. The zero-order chi connectivity index (χ0) is 13.3. The lowest BCUT2D eigenvalue weighted by Crippen LogP contribution is -2.38. The molecule has 3 heterocycles. The second-order valence-electron chi connectivity index (χ2n) is 5.14. The summed E-state index contributed by atoms with van der Waals surface area (Å²) in [5.74, 6) is 0.747. The molecule has 6 heteroatoms. The van der Waals surface area contributed by atoms with Crippen molar-refractivity contribution in [1.29, 1.82) is 0 Å². The second kappa shape index (κ2) is 5.02. The molecule has 2 aromatic rings. The van der Waals surface area contributed by atoms with Gasteiger partial charge in [0.15, 0.2) is 5.65 Å². The summed E-state index contributed by atoms with van der Waals surface area (Å²) in [7, 11) is 0. The van der Waals surface area contributed by atoms with Gasteiger partial charge in [0.05, 0.1) is 6.54 Å². The minimum atomic E-state index is -0.0803. The lowest BCUT2D eigenvalue weighted by molar-refractivity contribution is 0.0160. The van der Waals surface area contributed by atoms with Gasteiger partial charge >= 0.3 is 5.69 Å². The van der Waals surface area contributed by atoms with Crippen molar-refractivity contribution in [2.24, 2.45) is 5.41 Å². The summed E-state index contributed by atoms with van der Waals surface area (Å²) in [6, 6.07) is 5.56. The Bertz CT molecular complexity index is 628. The van der Waals surface area contributed by atoms with E-state index in [0.717, 1.165) is 31.8 Å². The average molecular weight is 279 g/mol. The van der Waals surface area contributed by atoms with Crippen molar-refractivity contribution in [3.63, 3.8) is 0 Å². The second-order valence-corrected chi connectivity index (χ2v) is 5.46. The highest BCUT2D eigenvalue weighted by Gasteiger charge is 2.32. The number of nitrogens with zero attached hydrogens (tertiary/aromatic N) is 3. The first-order valence-electron chi connectivity index (χ1n) is 6.47. The van der Waals surface area contributed by atoms with Crippen molar-refractivity contribution in [2.45, 2.75) is 19.4 Å². The van der Waals surface area contributed by atoms with E-state index in [2.05, 4.69) is 17.7 Å². The van der Waals surface area contributed by atoms with Crippen molar-refractivity contribution in [3.8, 4) is 0 Å². The van der Waals surface area contributed by atoms with Crippen LogP contribution < -0.4 is 5.69 Å². The third-order valence-electron chi connectivity index (χ3n) is 3.86. The topological polar surface area (TPSA) is 48.5 Å². The molecular formula is C13H17N3O2S. The minimum Gasteiger partial charge on any atom is -0.381 e. The molecule has 1 saturated heterocycles. The van der Waals surface area contributed by atoms with E-state index in [1.54, 1.807) is 15.3 Å². The molecule has 1 fully saturated rings. The largest absolute Gasteiger partial charge is 0.381 e. The van der Waals surface area contributed by atoms with Gasteiger partial charge in [0.25, 0.3) is 0 Å². The molecule has 0 aromatic carbocycles. The zero-order valence-electron chi connectivity index (χ0n) is 10.7. The summed E-state index contributed by atoms with van der Waals surface area (Å²) in [5, 5.41) is 4.39. The maximum Gasteiger partial charge on any atom is 0.350 e. The maximum atomic E-state index is 12.3. The first kappa shape index (κ1) is 12.7. The summed E-state index contributed by atoms with van der Waals surface area (Å²) >= 11 is 4.47. The molecule has 0 bridgehead atoms. The van der Waals surface area contributed by atoms with E-state index in [9.17, 15) is 4.79 Å². The van der Waals surface area contributed by atoms with Crippen molar-refractivity contribution in [2.75, 3.05) is 19.0 Å². The van der Waals surface area contributed by atoms with Crippen LogP contribution in [0.2, 0.25) is 0 Å². The quantitative estimate of drug-likeness (QED) is 0.860. The van der Waals surface area contributed by atoms with Crippen molar-refractivity contribution in [1.82, 2.24) is 14.2 Å². The monoisotopic (exact) mass is 279 g/mol. The molecule has 0 saturated carbocycles. The van der Waals surface area contributed by atoms with Crippen molar-refractivity contribution >= 4 is 18.3 Å². The number of thiol groups is 1. The number of hydrogen-bond acceptors (Lipinski definition) is 4. The molecule has 0 atom stereocenters. The fourth-order valence-electron chi connectivity index (χ4n) is 2.56. The molecule has 0 radical (unpaired) electrons. The van der Waals surface area contributed by atoms with Crippen LogP contribution in [-0.2, 0) is 11.3 Å². The molecule has 3 rings (SSSR count). The molecule has 1 aliphatic heterocycles. The Labute approximate surface area is 116 Å². The van der Waals surface area contributed by atoms with Gasteiger partial charge in [0.1, 0.15) is 0 Å². The molecule has 0 N–H and O–H groups in total. The van der Waals surface area contributed by atoms with Gasteiger partial charge in [0, 0.05) is 24.8 Å². The molecule has 0 aliphatic carbocycles. The molecule has 102 valence electrons. The molecule has 0 unspecified atom stereocenters. The predicted molar refractivity (Wildman–Crippen MR) is 75.8 cm³/mol. The van der Waals surface area contributed by atoms with Crippen LogP contribution in [0.25, 0.3) is 5.65 Å². The van der Waals surface area contributed by atoms with Gasteiger partial charge in [-0.15, -0.1) is 5.10 Å². The highest BCUT2D eigenvalue weighted by atomic mass is 32.1. The SMILES string of the molecule is O=c1n(CC2(CS)CCOCC2)nc2ccccn12. The lowest BCUT2D eigenvalue weighted by Gasteiger charge is -2.35. The van der Waals surface area contributed by atoms with E-state index in [1.807, 2.05) is 18.2 Å². The first-order chi connectivity index (χ1) is 9.24. The van der Waals surface area contributed by atoms with E-state index in [-0.39, 0.29) is 11.1 Å². The van der Waals surface area contributed by atoms with Gasteiger partial charge in [-0.05, 0) is 30.7 Å². The third-order valence-corrected chi connectivity index (χ3v) is 4.53. The van der Waals surface area contributed by atoms with Crippen LogP contribution >= 0.6 is 12.6 Å². The normalized spacial score (nSPS) is 18.8. The van der Waals surface area contributed by atoms with Gasteiger partial charge in [-0.2, -0.15) is 12.6 Å². The van der Waals surface area contributed by atoms with Gasteiger partial charge in [-0.1, -0.05) is 6.07 Å². The molecular weight excluding hydrogens is 262 g/mol. The summed E-state index contributed by atoms with van der Waals surface area (Å²) in [4.78, 5) is 12.3. The summed E-state index contributed by atoms with van der Waals surface area (Å²) in [6.45, 7) is 2.09. The summed E-state index contributed by atoms with van der Waals surface area (Å²) < 4.78 is 8.55. The molecule has 0 spiro atoms.